The molecule has 2 nitrogen and oxygen atoms in total. The topological polar surface area (TPSA) is 37.3 Å². The predicted molar refractivity (Wildman–Crippen MR) is 72.8 cm³/mol. The van der Waals surface area contributed by atoms with Gasteiger partial charge < -0.3 is 5.11 Å². The first-order chi connectivity index (χ1) is 7.82. The van der Waals surface area contributed by atoms with E-state index in [0.717, 1.165) is 25.7 Å². The normalized spacial score (nSPS) is 35.5. The quantitative estimate of drug-likeness (QED) is 0.471. The lowest BCUT2D eigenvalue weighted by atomic mass is 9.75. The van der Waals surface area contributed by atoms with Crippen molar-refractivity contribution in [3.05, 3.63) is 12.2 Å². The number of carboxylic acids is 1. The minimum Gasteiger partial charge on any atom is -0.481 e. The van der Waals surface area contributed by atoms with Crippen LogP contribution in [0.15, 0.2) is 12.2 Å². The van der Waals surface area contributed by atoms with Gasteiger partial charge in [0.1, 0.15) is 0 Å². The van der Waals surface area contributed by atoms with Crippen LogP contribution < -0.4 is 0 Å². The SMILES string of the molecule is O=C(O)C1CC2C=CC1(CCC[Si](Cl)(Cl)Cl)C2. The summed E-state index contributed by atoms with van der Waals surface area (Å²) in [4.78, 5) is 11.3. The van der Waals surface area contributed by atoms with Crippen LogP contribution in [0.3, 0.4) is 0 Å². The number of carbonyl (C=O) groups is 1. The molecule has 6 heteroatoms. The van der Waals surface area contributed by atoms with Crippen molar-refractivity contribution in [3.63, 3.8) is 0 Å². The van der Waals surface area contributed by atoms with Crippen LogP contribution in [0.1, 0.15) is 25.7 Å². The summed E-state index contributed by atoms with van der Waals surface area (Å²) in [6.07, 6.45) is 7.63. The monoisotopic (exact) mass is 312 g/mol. The summed E-state index contributed by atoms with van der Waals surface area (Å²) < 4.78 is 0. The van der Waals surface area contributed by atoms with E-state index in [4.69, 9.17) is 33.2 Å². The van der Waals surface area contributed by atoms with Crippen molar-refractivity contribution in [1.29, 1.82) is 0 Å². The summed E-state index contributed by atoms with van der Waals surface area (Å²) in [5.74, 6) is -0.473. The van der Waals surface area contributed by atoms with E-state index in [-0.39, 0.29) is 11.3 Å². The van der Waals surface area contributed by atoms with Crippen LogP contribution >= 0.6 is 33.2 Å². The Bertz CT molecular complexity index is 353. The van der Waals surface area contributed by atoms with Gasteiger partial charge in [0.15, 0.2) is 0 Å². The lowest BCUT2D eigenvalue weighted by molar-refractivity contribution is -0.144. The lowest BCUT2D eigenvalue weighted by Gasteiger charge is -2.29. The van der Waals surface area contributed by atoms with E-state index in [1.54, 1.807) is 0 Å². The fourth-order valence-corrected chi connectivity index (χ4v) is 5.01. The van der Waals surface area contributed by atoms with Gasteiger partial charge in [-0.15, -0.1) is 33.2 Å². The zero-order valence-corrected chi connectivity index (χ0v) is 12.6. The molecule has 2 aliphatic carbocycles. The number of hydrogen-bond acceptors (Lipinski definition) is 1. The summed E-state index contributed by atoms with van der Waals surface area (Å²) in [5.41, 5.74) is -0.166. The molecule has 2 rings (SSSR count). The highest BCUT2D eigenvalue weighted by atomic mass is 35.8. The Morgan fingerprint density at radius 2 is 2.18 bits per heavy atom. The van der Waals surface area contributed by atoms with Gasteiger partial charge >= 0.3 is 12.0 Å². The van der Waals surface area contributed by atoms with E-state index in [0.29, 0.717) is 12.0 Å². The van der Waals surface area contributed by atoms with Crippen LogP contribution in [-0.4, -0.2) is 17.1 Å². The number of rotatable bonds is 5. The van der Waals surface area contributed by atoms with Crippen molar-refractivity contribution in [2.45, 2.75) is 31.7 Å². The Hall–Kier alpha value is 0.297. The number of hydrogen-bond donors (Lipinski definition) is 1. The van der Waals surface area contributed by atoms with Crippen LogP contribution in [0.4, 0.5) is 0 Å². The van der Waals surface area contributed by atoms with Crippen molar-refractivity contribution in [2.75, 3.05) is 0 Å². The molecule has 0 saturated heterocycles. The van der Waals surface area contributed by atoms with Gasteiger partial charge in [-0.1, -0.05) is 18.6 Å². The maximum absolute atomic E-state index is 11.3. The zero-order chi connectivity index (χ0) is 12.7. The molecule has 17 heavy (non-hydrogen) atoms. The molecule has 0 aromatic heterocycles. The maximum atomic E-state index is 11.3. The first-order valence-electron chi connectivity index (χ1n) is 5.81. The standard InChI is InChI=1S/C11H15Cl3O2Si/c12-17(13,14)5-1-3-11-4-2-8(7-11)6-9(11)10(15)16/h2,4,8-9H,1,3,5-7H2,(H,15,16). The molecular weight excluding hydrogens is 299 g/mol. The molecule has 2 bridgehead atoms. The molecule has 96 valence electrons. The molecule has 0 spiro atoms. The van der Waals surface area contributed by atoms with Crippen molar-refractivity contribution >= 4 is 45.2 Å². The fourth-order valence-electron chi connectivity index (χ4n) is 3.23. The number of fused-ring (bicyclic) bond motifs is 2. The fraction of sp³-hybridized carbons (Fsp3) is 0.727. The smallest absolute Gasteiger partial charge is 0.341 e. The molecule has 0 radical (unpaired) electrons. The third kappa shape index (κ3) is 3.00. The van der Waals surface area contributed by atoms with Crippen LogP contribution in [-0.2, 0) is 4.79 Å². The van der Waals surface area contributed by atoms with Crippen molar-refractivity contribution in [3.8, 4) is 0 Å². The summed E-state index contributed by atoms with van der Waals surface area (Å²) in [5, 5.41) is 9.26. The Labute approximate surface area is 116 Å². The highest BCUT2D eigenvalue weighted by Crippen LogP contribution is 2.56. The van der Waals surface area contributed by atoms with Gasteiger partial charge in [-0.3, -0.25) is 4.79 Å². The zero-order valence-electron chi connectivity index (χ0n) is 9.33. The minimum absolute atomic E-state index is 0.166. The van der Waals surface area contributed by atoms with E-state index < -0.39 is 12.0 Å². The predicted octanol–water partition coefficient (Wildman–Crippen LogP) is 4.09. The molecule has 0 amide bonds. The molecule has 3 unspecified atom stereocenters. The second-order valence-corrected chi connectivity index (χ2v) is 14.4. The van der Waals surface area contributed by atoms with E-state index >= 15 is 0 Å². The van der Waals surface area contributed by atoms with Crippen molar-refractivity contribution in [2.24, 2.45) is 17.3 Å². The van der Waals surface area contributed by atoms with Gasteiger partial charge in [0.05, 0.1) is 5.92 Å². The molecule has 1 fully saturated rings. The average Bonchev–Trinajstić information content (AvgIpc) is 2.72. The van der Waals surface area contributed by atoms with Crippen LogP contribution in [0.25, 0.3) is 0 Å². The van der Waals surface area contributed by atoms with E-state index in [1.807, 2.05) is 0 Å². The first kappa shape index (κ1) is 13.7. The largest absolute Gasteiger partial charge is 0.481 e. The van der Waals surface area contributed by atoms with Crippen LogP contribution in [0, 0.1) is 17.3 Å². The summed E-state index contributed by atoms with van der Waals surface area (Å²) >= 11 is 17.6. The number of allylic oxidation sites excluding steroid dienone is 2. The summed E-state index contributed by atoms with van der Waals surface area (Å²) in [7, 11) is 0. The van der Waals surface area contributed by atoms with Gasteiger partial charge in [0.25, 0.3) is 0 Å². The van der Waals surface area contributed by atoms with Gasteiger partial charge in [-0.25, -0.2) is 0 Å². The molecule has 2 aliphatic rings. The molecular formula is C11H15Cl3O2Si. The van der Waals surface area contributed by atoms with Crippen molar-refractivity contribution in [1.82, 2.24) is 0 Å². The third-order valence-electron chi connectivity index (χ3n) is 3.98. The molecule has 0 heterocycles. The second-order valence-electron chi connectivity index (χ2n) is 5.15. The summed E-state index contributed by atoms with van der Waals surface area (Å²) in [6.45, 7) is 0. The third-order valence-corrected chi connectivity index (χ3v) is 6.60. The first-order valence-corrected chi connectivity index (χ1v) is 11.1. The van der Waals surface area contributed by atoms with Crippen LogP contribution in [0.2, 0.25) is 6.04 Å². The second kappa shape index (κ2) is 4.76. The highest BCUT2D eigenvalue weighted by Gasteiger charge is 2.51. The number of halogens is 3. The molecule has 3 atom stereocenters. The lowest BCUT2D eigenvalue weighted by Crippen LogP contribution is -2.30. The Morgan fingerprint density at radius 3 is 2.71 bits per heavy atom. The average molecular weight is 314 g/mol. The molecule has 1 N–H and O–H groups in total. The number of aliphatic carboxylic acids is 1. The molecule has 0 aromatic rings. The van der Waals surface area contributed by atoms with E-state index in [1.165, 1.54) is 0 Å². The van der Waals surface area contributed by atoms with Crippen LogP contribution in [0.5, 0.6) is 0 Å². The highest BCUT2D eigenvalue weighted by molar-refractivity contribution is 7.64. The number of carboxylic acid groups (broad SMARTS) is 1. The van der Waals surface area contributed by atoms with Gasteiger partial charge in [-0.2, -0.15) is 0 Å². The van der Waals surface area contributed by atoms with E-state index in [2.05, 4.69) is 12.2 Å². The Morgan fingerprint density at radius 1 is 1.47 bits per heavy atom. The van der Waals surface area contributed by atoms with Gasteiger partial charge in [0.2, 0.25) is 0 Å². The molecule has 0 aromatic carbocycles. The minimum atomic E-state index is -2.57. The Kier molecular flexibility index (Phi) is 3.84. The maximum Gasteiger partial charge on any atom is 0.341 e. The Balaban J connectivity index is 1.98. The van der Waals surface area contributed by atoms with Gasteiger partial charge in [-0.05, 0) is 31.2 Å². The molecule has 0 aliphatic heterocycles. The van der Waals surface area contributed by atoms with Crippen molar-refractivity contribution < 1.29 is 9.90 Å². The summed E-state index contributed by atoms with van der Waals surface area (Å²) in [6, 6.07) is -1.95. The van der Waals surface area contributed by atoms with Gasteiger partial charge in [0, 0.05) is 5.41 Å². The van der Waals surface area contributed by atoms with E-state index in [9.17, 15) is 9.90 Å². The molecule has 1 saturated carbocycles.